The van der Waals surface area contributed by atoms with Crippen molar-refractivity contribution < 1.29 is 14.2 Å². The van der Waals surface area contributed by atoms with Gasteiger partial charge in [0.2, 0.25) is 0 Å². The Bertz CT molecular complexity index is 376. The number of piperidine rings is 1. The maximum atomic E-state index is 14.0. The Morgan fingerprint density at radius 3 is 2.94 bits per heavy atom. The van der Waals surface area contributed by atoms with Crippen molar-refractivity contribution in [3.8, 4) is 11.5 Å². The van der Waals surface area contributed by atoms with E-state index in [1.54, 1.807) is 0 Å². The topological polar surface area (TPSA) is 41.5 Å². The molecule has 2 N–H and O–H groups in total. The molecule has 88 valence electrons. The summed E-state index contributed by atoms with van der Waals surface area (Å²) in [6, 6.07) is 2.94. The van der Waals surface area contributed by atoms with Crippen LogP contribution in [0.4, 0.5) is 4.39 Å². The first-order valence-electron chi connectivity index (χ1n) is 5.50. The Morgan fingerprint density at radius 1 is 1.50 bits per heavy atom. The van der Waals surface area contributed by atoms with Gasteiger partial charge in [0.15, 0.2) is 11.6 Å². The number of hydrogen-bond donors (Lipinski definition) is 2. The molecule has 1 fully saturated rings. The van der Waals surface area contributed by atoms with Crippen LogP contribution in [0.3, 0.4) is 0 Å². The molecular formula is C12H16FNO2. The summed E-state index contributed by atoms with van der Waals surface area (Å²) >= 11 is 0. The first-order chi connectivity index (χ1) is 7.74. The highest BCUT2D eigenvalue weighted by atomic mass is 19.1. The lowest BCUT2D eigenvalue weighted by atomic mass is 9.90. The zero-order valence-corrected chi connectivity index (χ0v) is 9.29. The number of phenols is 1. The lowest BCUT2D eigenvalue weighted by Gasteiger charge is -2.24. The van der Waals surface area contributed by atoms with Gasteiger partial charge in [-0.05, 0) is 31.5 Å². The smallest absolute Gasteiger partial charge is 0.172 e. The first-order valence-corrected chi connectivity index (χ1v) is 5.50. The number of phenolic OH excluding ortho intramolecular Hbond substituents is 1. The standard InChI is InChI=1S/C12H16FNO2/c1-16-10-5-4-9(15)11(12(10)13)8-3-2-6-14-7-8/h4-5,8,14-15H,2-3,6-7H2,1H3. The van der Waals surface area contributed by atoms with Gasteiger partial charge in [-0.25, -0.2) is 4.39 Å². The molecule has 1 aromatic rings. The number of benzene rings is 1. The number of aromatic hydroxyl groups is 1. The van der Waals surface area contributed by atoms with Gasteiger partial charge in [-0.2, -0.15) is 0 Å². The van der Waals surface area contributed by atoms with E-state index in [4.69, 9.17) is 4.74 Å². The Kier molecular flexibility index (Phi) is 3.29. The van der Waals surface area contributed by atoms with Gasteiger partial charge in [-0.15, -0.1) is 0 Å². The molecule has 1 heterocycles. The van der Waals surface area contributed by atoms with E-state index < -0.39 is 5.82 Å². The molecule has 1 aliphatic rings. The molecule has 1 saturated heterocycles. The van der Waals surface area contributed by atoms with Crippen LogP contribution >= 0.6 is 0 Å². The molecule has 4 heteroatoms. The molecule has 0 spiro atoms. The fraction of sp³-hybridized carbons (Fsp3) is 0.500. The molecule has 0 radical (unpaired) electrons. The Labute approximate surface area is 94.2 Å². The van der Waals surface area contributed by atoms with Gasteiger partial charge in [0.1, 0.15) is 5.75 Å². The minimum Gasteiger partial charge on any atom is -0.508 e. The third-order valence-corrected chi connectivity index (χ3v) is 3.05. The number of ether oxygens (including phenoxy) is 1. The molecule has 3 nitrogen and oxygen atoms in total. The first kappa shape index (κ1) is 11.2. The van der Waals surface area contributed by atoms with E-state index in [2.05, 4.69) is 5.32 Å². The van der Waals surface area contributed by atoms with Crippen molar-refractivity contribution in [2.45, 2.75) is 18.8 Å². The van der Waals surface area contributed by atoms with Crippen molar-refractivity contribution in [2.24, 2.45) is 0 Å². The van der Waals surface area contributed by atoms with E-state index in [0.29, 0.717) is 12.1 Å². The Hall–Kier alpha value is -1.29. The SMILES string of the molecule is COc1ccc(O)c(C2CCCNC2)c1F. The second kappa shape index (κ2) is 4.70. The monoisotopic (exact) mass is 225 g/mol. The van der Waals surface area contributed by atoms with E-state index in [1.807, 2.05) is 0 Å². The second-order valence-corrected chi connectivity index (χ2v) is 4.06. The maximum Gasteiger partial charge on any atom is 0.172 e. The third kappa shape index (κ3) is 1.97. The van der Waals surface area contributed by atoms with Crippen LogP contribution in [0, 0.1) is 5.82 Å². The van der Waals surface area contributed by atoms with Crippen molar-refractivity contribution in [3.63, 3.8) is 0 Å². The molecule has 1 unspecified atom stereocenters. The van der Waals surface area contributed by atoms with Crippen LogP contribution in [0.2, 0.25) is 0 Å². The number of halogens is 1. The molecule has 1 aromatic carbocycles. The molecule has 1 atom stereocenters. The average Bonchev–Trinajstić information content (AvgIpc) is 2.31. The fourth-order valence-electron chi connectivity index (χ4n) is 2.21. The van der Waals surface area contributed by atoms with Gasteiger partial charge in [0.25, 0.3) is 0 Å². The Balaban J connectivity index is 2.37. The van der Waals surface area contributed by atoms with Crippen molar-refractivity contribution in [3.05, 3.63) is 23.5 Å². The van der Waals surface area contributed by atoms with Crippen LogP contribution in [0.15, 0.2) is 12.1 Å². The number of nitrogens with one attached hydrogen (secondary N) is 1. The number of hydrogen-bond acceptors (Lipinski definition) is 3. The van der Waals surface area contributed by atoms with Crippen molar-refractivity contribution >= 4 is 0 Å². The molecule has 0 aliphatic carbocycles. The van der Waals surface area contributed by atoms with Crippen LogP contribution < -0.4 is 10.1 Å². The molecule has 0 aromatic heterocycles. The average molecular weight is 225 g/mol. The molecule has 0 amide bonds. The van der Waals surface area contributed by atoms with Crippen LogP contribution in [-0.4, -0.2) is 25.3 Å². The summed E-state index contributed by atoms with van der Waals surface area (Å²) in [7, 11) is 1.43. The minimum atomic E-state index is -0.434. The van der Waals surface area contributed by atoms with Gasteiger partial charge in [0, 0.05) is 18.0 Å². The number of methoxy groups -OCH3 is 1. The van der Waals surface area contributed by atoms with Gasteiger partial charge in [0.05, 0.1) is 7.11 Å². The lowest BCUT2D eigenvalue weighted by molar-refractivity contribution is 0.365. The van der Waals surface area contributed by atoms with E-state index >= 15 is 0 Å². The van der Waals surface area contributed by atoms with Crippen LogP contribution in [-0.2, 0) is 0 Å². The predicted molar refractivity (Wildman–Crippen MR) is 59.5 cm³/mol. The van der Waals surface area contributed by atoms with Gasteiger partial charge < -0.3 is 15.2 Å². The lowest BCUT2D eigenvalue weighted by Crippen LogP contribution is -2.29. The maximum absolute atomic E-state index is 14.0. The van der Waals surface area contributed by atoms with Gasteiger partial charge in [-0.3, -0.25) is 0 Å². The van der Waals surface area contributed by atoms with E-state index in [9.17, 15) is 9.50 Å². The highest BCUT2D eigenvalue weighted by molar-refractivity contribution is 5.43. The van der Waals surface area contributed by atoms with Crippen LogP contribution in [0.5, 0.6) is 11.5 Å². The number of rotatable bonds is 2. The van der Waals surface area contributed by atoms with Crippen molar-refractivity contribution in [1.29, 1.82) is 0 Å². The van der Waals surface area contributed by atoms with E-state index in [0.717, 1.165) is 19.4 Å². The summed E-state index contributed by atoms with van der Waals surface area (Å²) in [5.41, 5.74) is 0.381. The minimum absolute atomic E-state index is 0.0204. The van der Waals surface area contributed by atoms with Crippen LogP contribution in [0.1, 0.15) is 24.3 Å². The van der Waals surface area contributed by atoms with Gasteiger partial charge in [-0.1, -0.05) is 0 Å². The zero-order valence-electron chi connectivity index (χ0n) is 9.29. The molecule has 1 aliphatic heterocycles. The molecule has 16 heavy (non-hydrogen) atoms. The van der Waals surface area contributed by atoms with Crippen molar-refractivity contribution in [2.75, 3.05) is 20.2 Å². The molecule has 0 saturated carbocycles. The summed E-state index contributed by atoms with van der Waals surface area (Å²) in [6.45, 7) is 1.67. The second-order valence-electron chi connectivity index (χ2n) is 4.06. The molecule has 0 bridgehead atoms. The summed E-state index contributed by atoms with van der Waals surface area (Å²) in [6.07, 6.45) is 1.89. The van der Waals surface area contributed by atoms with E-state index in [1.165, 1.54) is 19.2 Å². The largest absolute Gasteiger partial charge is 0.508 e. The zero-order chi connectivity index (χ0) is 11.5. The summed E-state index contributed by atoms with van der Waals surface area (Å²) in [5, 5.41) is 12.9. The summed E-state index contributed by atoms with van der Waals surface area (Å²) < 4.78 is 18.9. The normalized spacial score (nSPS) is 20.8. The molecule has 2 rings (SSSR count). The highest BCUT2D eigenvalue weighted by Crippen LogP contribution is 2.36. The quantitative estimate of drug-likeness (QED) is 0.809. The van der Waals surface area contributed by atoms with Crippen LogP contribution in [0.25, 0.3) is 0 Å². The fourth-order valence-corrected chi connectivity index (χ4v) is 2.21. The summed E-state index contributed by atoms with van der Waals surface area (Å²) in [4.78, 5) is 0. The highest BCUT2D eigenvalue weighted by Gasteiger charge is 2.24. The van der Waals surface area contributed by atoms with E-state index in [-0.39, 0.29) is 17.4 Å². The third-order valence-electron chi connectivity index (χ3n) is 3.05. The molecular weight excluding hydrogens is 209 g/mol. The predicted octanol–water partition coefficient (Wildman–Crippen LogP) is 2.01. The van der Waals surface area contributed by atoms with Crippen molar-refractivity contribution in [1.82, 2.24) is 5.32 Å². The Morgan fingerprint density at radius 2 is 2.31 bits per heavy atom. The summed E-state index contributed by atoms with van der Waals surface area (Å²) in [5.74, 6) is -0.189. The van der Waals surface area contributed by atoms with Gasteiger partial charge >= 0.3 is 0 Å².